The van der Waals surface area contributed by atoms with Crippen LogP contribution in [0.1, 0.15) is 15.9 Å². The number of halogens is 4. The van der Waals surface area contributed by atoms with Gasteiger partial charge in [0.05, 0.1) is 22.7 Å². The van der Waals surface area contributed by atoms with Crippen LogP contribution in [0.4, 0.5) is 18.9 Å². The standard InChI is InChI=1S/C10H8ClF3N2O2/c11-4-8(15)16-7-3-5(10(12,13)14)1-2-6(7)9(17)18/h1-3H,4H2,(H2,15,16)(H,17,18). The van der Waals surface area contributed by atoms with Crippen LogP contribution in [-0.4, -0.2) is 22.8 Å². The van der Waals surface area contributed by atoms with Crippen LogP contribution in [0, 0.1) is 0 Å². The third kappa shape index (κ3) is 3.36. The summed E-state index contributed by atoms with van der Waals surface area (Å²) >= 11 is 5.34. The largest absolute Gasteiger partial charge is 0.478 e. The third-order valence-corrected chi connectivity index (χ3v) is 2.23. The van der Waals surface area contributed by atoms with Crippen LogP contribution >= 0.6 is 11.6 Å². The quantitative estimate of drug-likeness (QED) is 0.508. The Balaban J connectivity index is 3.38. The highest BCUT2D eigenvalue weighted by atomic mass is 35.5. The van der Waals surface area contributed by atoms with Gasteiger partial charge in [-0.2, -0.15) is 13.2 Å². The van der Waals surface area contributed by atoms with Crippen LogP contribution in [0.25, 0.3) is 0 Å². The van der Waals surface area contributed by atoms with Gasteiger partial charge in [0.25, 0.3) is 0 Å². The molecule has 0 aliphatic carbocycles. The number of carbonyl (C=O) groups is 1. The number of amidine groups is 1. The highest BCUT2D eigenvalue weighted by Gasteiger charge is 2.31. The Labute approximate surface area is 105 Å². The van der Waals surface area contributed by atoms with E-state index in [1.54, 1.807) is 0 Å². The number of rotatable bonds is 3. The molecule has 4 nitrogen and oxygen atoms in total. The number of carboxylic acid groups (broad SMARTS) is 1. The van der Waals surface area contributed by atoms with E-state index >= 15 is 0 Å². The first-order valence-corrected chi connectivity index (χ1v) is 5.12. The molecule has 0 heterocycles. The zero-order valence-electron chi connectivity index (χ0n) is 8.83. The maximum absolute atomic E-state index is 12.5. The van der Waals surface area contributed by atoms with E-state index in [2.05, 4.69) is 4.99 Å². The Morgan fingerprint density at radius 1 is 1.44 bits per heavy atom. The van der Waals surface area contributed by atoms with Crippen molar-refractivity contribution in [3.05, 3.63) is 29.3 Å². The molecule has 0 saturated heterocycles. The van der Waals surface area contributed by atoms with Crippen molar-refractivity contribution >= 4 is 29.1 Å². The molecule has 3 N–H and O–H groups in total. The number of hydrogen-bond donors (Lipinski definition) is 2. The molecule has 0 fully saturated rings. The van der Waals surface area contributed by atoms with Gasteiger partial charge >= 0.3 is 12.1 Å². The van der Waals surface area contributed by atoms with Crippen molar-refractivity contribution in [3.63, 3.8) is 0 Å². The van der Waals surface area contributed by atoms with E-state index in [4.69, 9.17) is 22.4 Å². The van der Waals surface area contributed by atoms with Gasteiger partial charge in [-0.1, -0.05) is 0 Å². The van der Waals surface area contributed by atoms with Crippen molar-refractivity contribution in [2.75, 3.05) is 5.88 Å². The lowest BCUT2D eigenvalue weighted by molar-refractivity contribution is -0.137. The van der Waals surface area contributed by atoms with Gasteiger partial charge in [0.1, 0.15) is 5.84 Å². The minimum Gasteiger partial charge on any atom is -0.478 e. The second-order valence-electron chi connectivity index (χ2n) is 3.27. The smallest absolute Gasteiger partial charge is 0.416 e. The van der Waals surface area contributed by atoms with Crippen LogP contribution in [0.3, 0.4) is 0 Å². The molecule has 1 rings (SSSR count). The summed E-state index contributed by atoms with van der Waals surface area (Å²) in [7, 11) is 0. The van der Waals surface area contributed by atoms with E-state index in [9.17, 15) is 18.0 Å². The molecule has 0 aromatic heterocycles. The molecule has 0 aliphatic rings. The molecule has 1 aromatic rings. The van der Waals surface area contributed by atoms with Gasteiger partial charge in [-0.3, -0.25) is 0 Å². The van der Waals surface area contributed by atoms with Crippen LogP contribution in [0.15, 0.2) is 23.2 Å². The lowest BCUT2D eigenvalue weighted by atomic mass is 10.1. The van der Waals surface area contributed by atoms with Gasteiger partial charge in [-0.25, -0.2) is 9.79 Å². The third-order valence-electron chi connectivity index (χ3n) is 1.96. The zero-order valence-corrected chi connectivity index (χ0v) is 9.59. The average molecular weight is 281 g/mol. The summed E-state index contributed by atoms with van der Waals surface area (Å²) in [5, 5.41) is 8.82. The first kappa shape index (κ1) is 14.3. The number of nitrogens with two attached hydrogens (primary N) is 1. The molecule has 0 radical (unpaired) electrons. The fourth-order valence-corrected chi connectivity index (χ4v) is 1.23. The summed E-state index contributed by atoms with van der Waals surface area (Å²) in [6.45, 7) is 0. The van der Waals surface area contributed by atoms with Crippen molar-refractivity contribution in [2.45, 2.75) is 6.18 Å². The summed E-state index contributed by atoms with van der Waals surface area (Å²) in [5.74, 6) is -1.78. The predicted molar refractivity (Wildman–Crippen MR) is 60.4 cm³/mol. The van der Waals surface area contributed by atoms with Crippen LogP contribution in [0.2, 0.25) is 0 Å². The van der Waals surface area contributed by atoms with Crippen LogP contribution in [0.5, 0.6) is 0 Å². The highest BCUT2D eigenvalue weighted by Crippen LogP contribution is 2.33. The normalized spacial score (nSPS) is 12.6. The van der Waals surface area contributed by atoms with E-state index in [0.717, 1.165) is 6.07 Å². The Morgan fingerprint density at radius 2 is 2.06 bits per heavy atom. The van der Waals surface area contributed by atoms with Crippen LogP contribution < -0.4 is 5.73 Å². The maximum atomic E-state index is 12.5. The highest BCUT2D eigenvalue weighted by molar-refractivity contribution is 6.28. The van der Waals surface area contributed by atoms with E-state index in [1.165, 1.54) is 0 Å². The molecule has 18 heavy (non-hydrogen) atoms. The van der Waals surface area contributed by atoms with Crippen molar-refractivity contribution < 1.29 is 23.1 Å². The molecule has 98 valence electrons. The zero-order chi connectivity index (χ0) is 13.9. The Morgan fingerprint density at radius 3 is 2.50 bits per heavy atom. The van der Waals surface area contributed by atoms with Crippen molar-refractivity contribution in [1.29, 1.82) is 0 Å². The van der Waals surface area contributed by atoms with Crippen molar-refractivity contribution in [1.82, 2.24) is 0 Å². The number of benzene rings is 1. The second-order valence-corrected chi connectivity index (χ2v) is 3.54. The number of carboxylic acids is 1. The fourth-order valence-electron chi connectivity index (χ4n) is 1.17. The predicted octanol–water partition coefficient (Wildman–Crippen LogP) is 2.63. The molecule has 0 atom stereocenters. The summed E-state index contributed by atoms with van der Waals surface area (Å²) < 4.78 is 37.4. The molecule has 0 unspecified atom stereocenters. The minimum absolute atomic E-state index is 0.168. The van der Waals surface area contributed by atoms with Gasteiger partial charge < -0.3 is 10.8 Å². The van der Waals surface area contributed by atoms with Crippen molar-refractivity contribution in [2.24, 2.45) is 10.7 Å². The van der Waals surface area contributed by atoms with Gasteiger partial charge in [-0.05, 0) is 18.2 Å². The molecule has 0 aliphatic heterocycles. The van der Waals surface area contributed by atoms with E-state index in [1.807, 2.05) is 0 Å². The van der Waals surface area contributed by atoms with E-state index in [0.29, 0.717) is 12.1 Å². The summed E-state index contributed by atoms with van der Waals surface area (Å²) in [5.41, 5.74) is 3.51. The maximum Gasteiger partial charge on any atom is 0.416 e. The second kappa shape index (κ2) is 5.26. The Hall–Kier alpha value is -1.76. The molecule has 0 saturated carbocycles. The van der Waals surface area contributed by atoms with E-state index < -0.39 is 17.7 Å². The topological polar surface area (TPSA) is 75.7 Å². The number of hydrogen-bond acceptors (Lipinski definition) is 2. The summed E-state index contributed by atoms with van der Waals surface area (Å²) in [4.78, 5) is 14.4. The number of alkyl halides is 4. The fraction of sp³-hybridized carbons (Fsp3) is 0.200. The molecular formula is C10H8ClF3N2O2. The van der Waals surface area contributed by atoms with E-state index in [-0.39, 0.29) is 23.0 Å². The first-order valence-electron chi connectivity index (χ1n) is 4.59. The Kier molecular flexibility index (Phi) is 4.18. The molecule has 1 aromatic carbocycles. The number of aromatic carboxylic acids is 1. The first-order chi connectivity index (χ1) is 8.25. The monoisotopic (exact) mass is 280 g/mol. The van der Waals surface area contributed by atoms with Crippen LogP contribution in [-0.2, 0) is 6.18 Å². The Bertz CT molecular complexity index is 500. The molecular weight excluding hydrogens is 273 g/mol. The minimum atomic E-state index is -4.59. The summed E-state index contributed by atoms with van der Waals surface area (Å²) in [6.07, 6.45) is -4.59. The SMILES string of the molecule is NC(CCl)=Nc1cc(C(F)(F)F)ccc1C(=O)O. The van der Waals surface area contributed by atoms with Gasteiger partial charge in [-0.15, -0.1) is 11.6 Å². The summed E-state index contributed by atoms with van der Waals surface area (Å²) in [6, 6.07) is 2.10. The molecule has 0 amide bonds. The molecule has 8 heteroatoms. The molecule has 0 spiro atoms. The van der Waals surface area contributed by atoms with Crippen molar-refractivity contribution in [3.8, 4) is 0 Å². The van der Waals surface area contributed by atoms with Gasteiger partial charge in [0.2, 0.25) is 0 Å². The lowest BCUT2D eigenvalue weighted by Crippen LogP contribution is -2.13. The number of nitrogens with zero attached hydrogens (tertiary/aromatic N) is 1. The van der Waals surface area contributed by atoms with Gasteiger partial charge in [0, 0.05) is 0 Å². The average Bonchev–Trinajstić information content (AvgIpc) is 2.27. The lowest BCUT2D eigenvalue weighted by Gasteiger charge is -2.09. The molecule has 0 bridgehead atoms. The van der Waals surface area contributed by atoms with Gasteiger partial charge in [0.15, 0.2) is 0 Å². The number of aliphatic imine (C=N–C) groups is 1.